The summed E-state index contributed by atoms with van der Waals surface area (Å²) in [7, 11) is -3.22. The molecule has 2 aromatic carbocycles. The van der Waals surface area contributed by atoms with E-state index in [9.17, 15) is 13.2 Å². The van der Waals surface area contributed by atoms with Crippen LogP contribution in [0.1, 0.15) is 31.4 Å². The Kier molecular flexibility index (Phi) is 6.83. The third kappa shape index (κ3) is 5.90. The highest BCUT2D eigenvalue weighted by Crippen LogP contribution is 2.17. The average molecular weight is 429 g/mol. The number of nitrogens with zero attached hydrogens (tertiary/aromatic N) is 3. The first kappa shape index (κ1) is 21.5. The molecule has 1 amide bonds. The number of rotatable bonds is 9. The molecule has 1 unspecified atom stereocenters. The summed E-state index contributed by atoms with van der Waals surface area (Å²) < 4.78 is 30.1. The van der Waals surface area contributed by atoms with E-state index >= 15 is 0 Å². The summed E-state index contributed by atoms with van der Waals surface area (Å²) in [6.45, 7) is 2.30. The lowest BCUT2D eigenvalue weighted by atomic mass is 10.1. The van der Waals surface area contributed by atoms with Crippen LogP contribution in [0.4, 0.5) is 0 Å². The van der Waals surface area contributed by atoms with Gasteiger partial charge in [-0.3, -0.25) is 4.79 Å². The molecule has 0 bridgehead atoms. The maximum Gasteiger partial charge on any atom is 0.220 e. The highest BCUT2D eigenvalue weighted by atomic mass is 32.2. The molecule has 0 fully saturated rings. The summed E-state index contributed by atoms with van der Waals surface area (Å²) in [4.78, 5) is 16.4. The van der Waals surface area contributed by atoms with Crippen molar-refractivity contribution < 1.29 is 17.9 Å². The third-order valence-electron chi connectivity index (χ3n) is 4.52. The van der Waals surface area contributed by atoms with Gasteiger partial charge in [0.05, 0.1) is 23.2 Å². The van der Waals surface area contributed by atoms with E-state index in [2.05, 4.69) is 15.4 Å². The van der Waals surface area contributed by atoms with Crippen LogP contribution in [-0.4, -0.2) is 42.0 Å². The second kappa shape index (κ2) is 9.53. The lowest BCUT2D eigenvalue weighted by Crippen LogP contribution is -2.26. The van der Waals surface area contributed by atoms with Gasteiger partial charge in [-0.05, 0) is 55.3 Å². The minimum Gasteiger partial charge on any atom is -0.494 e. The fourth-order valence-electron chi connectivity index (χ4n) is 2.86. The van der Waals surface area contributed by atoms with Crippen molar-refractivity contribution in [3.05, 3.63) is 66.7 Å². The van der Waals surface area contributed by atoms with Crippen molar-refractivity contribution in [2.75, 3.05) is 12.9 Å². The SMILES string of the molecule is CC(NC(=O)CCCOc1ccc(S(C)(=O)=O)cc1)c1ccc(-n2cncn2)cc1. The molecule has 0 aliphatic heterocycles. The van der Waals surface area contributed by atoms with Crippen molar-refractivity contribution in [3.63, 3.8) is 0 Å². The molecule has 0 aliphatic rings. The fraction of sp³-hybridized carbons (Fsp3) is 0.286. The second-order valence-corrected chi connectivity index (χ2v) is 8.93. The summed E-state index contributed by atoms with van der Waals surface area (Å²) in [5, 5.41) is 7.06. The molecule has 9 heteroatoms. The number of carbonyl (C=O) groups is 1. The molecule has 30 heavy (non-hydrogen) atoms. The zero-order chi connectivity index (χ0) is 21.6. The van der Waals surface area contributed by atoms with Crippen LogP contribution in [0.2, 0.25) is 0 Å². The van der Waals surface area contributed by atoms with Gasteiger partial charge < -0.3 is 10.1 Å². The number of hydrogen-bond donors (Lipinski definition) is 1. The van der Waals surface area contributed by atoms with Crippen LogP contribution in [0.5, 0.6) is 5.75 Å². The first-order valence-corrected chi connectivity index (χ1v) is 11.4. The van der Waals surface area contributed by atoms with Crippen molar-refractivity contribution in [2.45, 2.75) is 30.7 Å². The van der Waals surface area contributed by atoms with Crippen LogP contribution in [-0.2, 0) is 14.6 Å². The minimum absolute atomic E-state index is 0.0566. The van der Waals surface area contributed by atoms with Gasteiger partial charge >= 0.3 is 0 Å². The van der Waals surface area contributed by atoms with Crippen LogP contribution in [0.3, 0.4) is 0 Å². The summed E-state index contributed by atoms with van der Waals surface area (Å²) >= 11 is 0. The lowest BCUT2D eigenvalue weighted by Gasteiger charge is -2.15. The van der Waals surface area contributed by atoms with E-state index < -0.39 is 9.84 Å². The second-order valence-electron chi connectivity index (χ2n) is 6.92. The first-order chi connectivity index (χ1) is 14.3. The number of aromatic nitrogens is 3. The molecule has 0 radical (unpaired) electrons. The predicted octanol–water partition coefficient (Wildman–Crippen LogP) is 2.71. The quantitative estimate of drug-likeness (QED) is 0.526. The van der Waals surface area contributed by atoms with Crippen LogP contribution in [0.15, 0.2) is 66.1 Å². The van der Waals surface area contributed by atoms with Gasteiger partial charge in [-0.25, -0.2) is 18.1 Å². The Balaban J connectivity index is 1.41. The highest BCUT2D eigenvalue weighted by Gasteiger charge is 2.10. The van der Waals surface area contributed by atoms with Gasteiger partial charge in [-0.15, -0.1) is 0 Å². The smallest absolute Gasteiger partial charge is 0.220 e. The molecule has 0 aliphatic carbocycles. The Morgan fingerprint density at radius 3 is 2.43 bits per heavy atom. The van der Waals surface area contributed by atoms with Gasteiger partial charge in [0.15, 0.2) is 9.84 Å². The monoisotopic (exact) mass is 428 g/mol. The number of sulfone groups is 1. The molecular weight excluding hydrogens is 404 g/mol. The Labute approximate surface area is 175 Å². The normalized spacial score (nSPS) is 12.3. The van der Waals surface area contributed by atoms with Crippen molar-refractivity contribution >= 4 is 15.7 Å². The number of hydrogen-bond acceptors (Lipinski definition) is 6. The molecule has 1 N–H and O–H groups in total. The van der Waals surface area contributed by atoms with E-state index in [-0.39, 0.29) is 16.8 Å². The summed E-state index contributed by atoms with van der Waals surface area (Å²) in [5.41, 5.74) is 1.89. The Hall–Kier alpha value is -3.20. The van der Waals surface area contributed by atoms with Gasteiger partial charge in [0, 0.05) is 12.7 Å². The molecule has 8 nitrogen and oxygen atoms in total. The molecule has 1 atom stereocenters. The van der Waals surface area contributed by atoms with E-state index in [0.717, 1.165) is 17.5 Å². The molecule has 1 heterocycles. The number of amides is 1. The third-order valence-corrected chi connectivity index (χ3v) is 5.65. The largest absolute Gasteiger partial charge is 0.494 e. The van der Waals surface area contributed by atoms with Gasteiger partial charge in [0.1, 0.15) is 18.4 Å². The van der Waals surface area contributed by atoms with E-state index in [4.69, 9.17) is 4.74 Å². The van der Waals surface area contributed by atoms with Gasteiger partial charge in [0.25, 0.3) is 0 Å². The van der Waals surface area contributed by atoms with E-state index in [1.165, 1.54) is 18.5 Å². The number of benzene rings is 2. The molecular formula is C21H24N4O4S. The van der Waals surface area contributed by atoms with Crippen molar-refractivity contribution in [2.24, 2.45) is 0 Å². The summed E-state index contributed by atoms with van der Waals surface area (Å²) in [6.07, 6.45) is 5.15. The lowest BCUT2D eigenvalue weighted by molar-refractivity contribution is -0.121. The Bertz CT molecular complexity index is 1060. The van der Waals surface area contributed by atoms with Crippen molar-refractivity contribution in [1.29, 1.82) is 0 Å². The van der Waals surface area contributed by atoms with Gasteiger partial charge in [0.2, 0.25) is 5.91 Å². The average Bonchev–Trinajstić information content (AvgIpc) is 3.26. The number of carbonyl (C=O) groups excluding carboxylic acids is 1. The van der Waals surface area contributed by atoms with Crippen molar-refractivity contribution in [3.8, 4) is 11.4 Å². The predicted molar refractivity (Wildman–Crippen MR) is 112 cm³/mol. The maximum atomic E-state index is 12.2. The van der Waals surface area contributed by atoms with E-state index in [0.29, 0.717) is 25.2 Å². The summed E-state index contributed by atoms with van der Waals surface area (Å²) in [6, 6.07) is 13.9. The summed E-state index contributed by atoms with van der Waals surface area (Å²) in [5.74, 6) is 0.516. The topological polar surface area (TPSA) is 103 Å². The van der Waals surface area contributed by atoms with Gasteiger partial charge in [-0.1, -0.05) is 12.1 Å². The van der Waals surface area contributed by atoms with Crippen LogP contribution >= 0.6 is 0 Å². The first-order valence-electron chi connectivity index (χ1n) is 9.50. The zero-order valence-corrected chi connectivity index (χ0v) is 17.7. The maximum absolute atomic E-state index is 12.2. The molecule has 3 rings (SSSR count). The van der Waals surface area contributed by atoms with Crippen LogP contribution in [0, 0.1) is 0 Å². The Morgan fingerprint density at radius 2 is 1.83 bits per heavy atom. The highest BCUT2D eigenvalue weighted by molar-refractivity contribution is 7.90. The van der Waals surface area contributed by atoms with Gasteiger partial charge in [-0.2, -0.15) is 5.10 Å². The standard InChI is InChI=1S/C21H24N4O4S/c1-16(17-5-7-18(8-6-17)25-15-22-14-23-25)24-21(26)4-3-13-29-19-9-11-20(12-10-19)30(2,27)28/h5-12,14-16H,3-4,13H2,1-2H3,(H,24,26). The number of ether oxygens (including phenoxy) is 1. The van der Waals surface area contributed by atoms with Crippen molar-refractivity contribution in [1.82, 2.24) is 20.1 Å². The Morgan fingerprint density at radius 1 is 1.13 bits per heavy atom. The molecule has 1 aromatic heterocycles. The molecule has 158 valence electrons. The number of nitrogens with one attached hydrogen (secondary N) is 1. The zero-order valence-electron chi connectivity index (χ0n) is 16.9. The van der Waals surface area contributed by atoms with E-state index in [1.807, 2.05) is 31.2 Å². The van der Waals surface area contributed by atoms with E-state index in [1.54, 1.807) is 23.1 Å². The fourth-order valence-corrected chi connectivity index (χ4v) is 3.49. The molecule has 3 aromatic rings. The molecule has 0 saturated carbocycles. The van der Waals surface area contributed by atoms with Crippen LogP contribution < -0.4 is 10.1 Å². The van der Waals surface area contributed by atoms with Crippen LogP contribution in [0.25, 0.3) is 5.69 Å². The molecule has 0 spiro atoms. The molecule has 0 saturated heterocycles. The minimum atomic E-state index is -3.22.